The van der Waals surface area contributed by atoms with Gasteiger partial charge in [0.2, 0.25) is 0 Å². The molecule has 0 aliphatic heterocycles. The van der Waals surface area contributed by atoms with Crippen LogP contribution in [0.1, 0.15) is 46.6 Å². The van der Waals surface area contributed by atoms with E-state index in [1.54, 1.807) is 27.7 Å². The molecule has 0 heterocycles. The van der Waals surface area contributed by atoms with Crippen molar-refractivity contribution < 1.29 is 23.8 Å². The Morgan fingerprint density at radius 1 is 0.900 bits per heavy atom. The third-order valence-corrected chi connectivity index (χ3v) is 4.43. The highest BCUT2D eigenvalue weighted by atomic mass is 16.6. The average Bonchev–Trinajstić information content (AvgIpc) is 2.67. The summed E-state index contributed by atoms with van der Waals surface area (Å²) in [4.78, 5) is 24.6. The summed E-state index contributed by atoms with van der Waals surface area (Å²) in [7, 11) is 0. The second-order valence-electron chi connectivity index (χ2n) is 8.49. The minimum atomic E-state index is -0.601. The zero-order valence-electron chi connectivity index (χ0n) is 18.5. The lowest BCUT2D eigenvalue weighted by atomic mass is 10.0. The lowest BCUT2D eigenvalue weighted by Crippen LogP contribution is -2.37. The molecule has 30 heavy (non-hydrogen) atoms. The predicted octanol–water partition coefficient (Wildman–Crippen LogP) is 4.98. The summed E-state index contributed by atoms with van der Waals surface area (Å²) in [6, 6.07) is 19.4. The molecule has 0 aliphatic carbocycles. The summed E-state index contributed by atoms with van der Waals surface area (Å²) < 4.78 is 17.1. The van der Waals surface area contributed by atoms with Crippen LogP contribution in [0.4, 0.5) is 0 Å². The van der Waals surface area contributed by atoms with Gasteiger partial charge in [0.25, 0.3) is 0 Å². The van der Waals surface area contributed by atoms with E-state index in [2.05, 4.69) is 0 Å². The Kier molecular flexibility index (Phi) is 8.46. The van der Waals surface area contributed by atoms with Crippen LogP contribution in [-0.2, 0) is 25.5 Å². The Labute approximate surface area is 179 Å². The minimum absolute atomic E-state index is 0.0221. The number of ether oxygens (including phenoxy) is 3. The first kappa shape index (κ1) is 23.5. The van der Waals surface area contributed by atoms with Gasteiger partial charge in [0.05, 0.1) is 12.3 Å². The van der Waals surface area contributed by atoms with Gasteiger partial charge in [-0.15, -0.1) is 0 Å². The second-order valence-corrected chi connectivity index (χ2v) is 8.49. The zero-order chi connectivity index (χ0) is 22.1. The van der Waals surface area contributed by atoms with Gasteiger partial charge in [-0.2, -0.15) is 0 Å². The molecule has 0 amide bonds. The molecule has 0 N–H and O–H groups in total. The topological polar surface area (TPSA) is 61.8 Å². The van der Waals surface area contributed by atoms with Gasteiger partial charge in [0, 0.05) is 6.42 Å². The van der Waals surface area contributed by atoms with E-state index in [9.17, 15) is 9.59 Å². The molecule has 0 aliphatic rings. The van der Waals surface area contributed by atoms with Crippen molar-refractivity contribution >= 4 is 11.9 Å². The van der Waals surface area contributed by atoms with Crippen molar-refractivity contribution in [3.8, 4) is 5.75 Å². The highest BCUT2D eigenvalue weighted by molar-refractivity contribution is 5.79. The van der Waals surface area contributed by atoms with Crippen molar-refractivity contribution in [1.82, 2.24) is 0 Å². The third-order valence-electron chi connectivity index (χ3n) is 4.43. The van der Waals surface area contributed by atoms with Gasteiger partial charge < -0.3 is 14.2 Å². The Morgan fingerprint density at radius 2 is 1.47 bits per heavy atom. The van der Waals surface area contributed by atoms with Gasteiger partial charge in [0.15, 0.2) is 0 Å². The molecule has 0 radical (unpaired) electrons. The SMILES string of the molecule is C[C@H](CC(=O)OC(C)(C)C)C(=O)O[C@@H](C)[C@@H](Cc1ccccc1)Oc1ccccc1. The monoisotopic (exact) mass is 412 g/mol. The minimum Gasteiger partial charge on any atom is -0.486 e. The quantitative estimate of drug-likeness (QED) is 0.544. The number of esters is 2. The Hall–Kier alpha value is -2.82. The average molecular weight is 413 g/mol. The normalized spacial score (nSPS) is 14.3. The fourth-order valence-corrected chi connectivity index (χ4v) is 2.92. The second kappa shape index (κ2) is 10.8. The molecule has 162 valence electrons. The van der Waals surface area contributed by atoms with Crippen LogP contribution >= 0.6 is 0 Å². The van der Waals surface area contributed by atoms with Crippen molar-refractivity contribution in [2.45, 2.75) is 65.3 Å². The molecule has 0 spiro atoms. The van der Waals surface area contributed by atoms with E-state index in [0.29, 0.717) is 12.2 Å². The van der Waals surface area contributed by atoms with Crippen LogP contribution in [0.15, 0.2) is 60.7 Å². The third kappa shape index (κ3) is 8.27. The zero-order valence-corrected chi connectivity index (χ0v) is 18.5. The Balaban J connectivity index is 2.02. The van der Waals surface area contributed by atoms with E-state index in [1.165, 1.54) is 0 Å². The van der Waals surface area contributed by atoms with E-state index in [1.807, 2.05) is 67.6 Å². The van der Waals surface area contributed by atoms with Crippen LogP contribution in [0.5, 0.6) is 5.75 Å². The van der Waals surface area contributed by atoms with Crippen molar-refractivity contribution in [2.75, 3.05) is 0 Å². The van der Waals surface area contributed by atoms with E-state index in [4.69, 9.17) is 14.2 Å². The lowest BCUT2D eigenvalue weighted by molar-refractivity contribution is -0.165. The van der Waals surface area contributed by atoms with Crippen molar-refractivity contribution in [3.05, 3.63) is 66.2 Å². The molecule has 5 heteroatoms. The van der Waals surface area contributed by atoms with Gasteiger partial charge in [0.1, 0.15) is 23.6 Å². The smallest absolute Gasteiger partial charge is 0.309 e. The first-order valence-electron chi connectivity index (χ1n) is 10.3. The maximum Gasteiger partial charge on any atom is 0.309 e. The van der Waals surface area contributed by atoms with E-state index in [-0.39, 0.29) is 12.5 Å². The highest BCUT2D eigenvalue weighted by Gasteiger charge is 2.28. The highest BCUT2D eigenvalue weighted by Crippen LogP contribution is 2.19. The first-order chi connectivity index (χ1) is 14.1. The van der Waals surface area contributed by atoms with Crippen molar-refractivity contribution in [1.29, 1.82) is 0 Å². The summed E-state index contributed by atoms with van der Waals surface area (Å²) in [6.07, 6.45) is -0.303. The molecule has 2 aromatic carbocycles. The number of rotatable bonds is 9. The number of carbonyl (C=O) groups is 2. The van der Waals surface area contributed by atoms with Crippen LogP contribution in [-0.4, -0.2) is 29.7 Å². The predicted molar refractivity (Wildman–Crippen MR) is 116 cm³/mol. The lowest BCUT2D eigenvalue weighted by Gasteiger charge is -2.26. The van der Waals surface area contributed by atoms with Crippen LogP contribution < -0.4 is 4.74 Å². The van der Waals surface area contributed by atoms with E-state index < -0.39 is 29.6 Å². The number of hydrogen-bond acceptors (Lipinski definition) is 5. The summed E-state index contributed by atoms with van der Waals surface area (Å²) in [5, 5.41) is 0. The van der Waals surface area contributed by atoms with Gasteiger partial charge in [-0.3, -0.25) is 9.59 Å². The molecule has 0 saturated carbocycles. The molecular weight excluding hydrogens is 380 g/mol. The van der Waals surface area contributed by atoms with Crippen molar-refractivity contribution in [3.63, 3.8) is 0 Å². The molecule has 2 rings (SSSR count). The maximum absolute atomic E-state index is 12.6. The van der Waals surface area contributed by atoms with Gasteiger partial charge in [-0.05, 0) is 45.4 Å². The van der Waals surface area contributed by atoms with Crippen LogP contribution in [0.3, 0.4) is 0 Å². The molecular formula is C25H32O5. The summed E-state index contributed by atoms with van der Waals surface area (Å²) in [5.41, 5.74) is 0.501. The molecule has 0 aromatic heterocycles. The van der Waals surface area contributed by atoms with Crippen LogP contribution in [0, 0.1) is 5.92 Å². The fourth-order valence-electron chi connectivity index (χ4n) is 2.92. The molecule has 3 atom stereocenters. The number of carbonyl (C=O) groups excluding carboxylic acids is 2. The van der Waals surface area contributed by atoms with Crippen LogP contribution in [0.25, 0.3) is 0 Å². The first-order valence-corrected chi connectivity index (χ1v) is 10.3. The fraction of sp³-hybridized carbons (Fsp3) is 0.440. The van der Waals surface area contributed by atoms with Gasteiger partial charge in [-0.1, -0.05) is 55.5 Å². The summed E-state index contributed by atoms with van der Waals surface area (Å²) >= 11 is 0. The molecule has 0 saturated heterocycles. The Bertz CT molecular complexity index is 754. The summed E-state index contributed by atoms with van der Waals surface area (Å²) in [5.74, 6) is -0.747. The van der Waals surface area contributed by atoms with Gasteiger partial charge >= 0.3 is 11.9 Å². The maximum atomic E-state index is 12.6. The van der Waals surface area contributed by atoms with E-state index >= 15 is 0 Å². The number of benzene rings is 2. The molecule has 0 bridgehead atoms. The molecule has 2 aromatic rings. The van der Waals surface area contributed by atoms with E-state index in [0.717, 1.165) is 5.56 Å². The van der Waals surface area contributed by atoms with Crippen LogP contribution in [0.2, 0.25) is 0 Å². The molecule has 0 fully saturated rings. The molecule has 5 nitrogen and oxygen atoms in total. The summed E-state index contributed by atoms with van der Waals surface area (Å²) in [6.45, 7) is 8.87. The van der Waals surface area contributed by atoms with Gasteiger partial charge in [-0.25, -0.2) is 0 Å². The number of hydrogen-bond donors (Lipinski definition) is 0. The molecule has 0 unspecified atom stereocenters. The standard InChI is InChI=1S/C25H32O5/c1-18(16-23(26)30-25(3,4)5)24(27)28-19(2)22(17-20-12-8-6-9-13-20)29-21-14-10-7-11-15-21/h6-15,18-19,22H,16-17H2,1-5H3/t18-,19+,22-/m1/s1. The largest absolute Gasteiger partial charge is 0.486 e. The Morgan fingerprint density at radius 3 is 2.03 bits per heavy atom. The number of para-hydroxylation sites is 1. The van der Waals surface area contributed by atoms with Crippen molar-refractivity contribution in [2.24, 2.45) is 5.92 Å².